The normalized spacial score (nSPS) is 10.7. The number of nitrogens with one attached hydrogen (secondary N) is 1. The third kappa shape index (κ3) is 4.34. The molecule has 0 aliphatic rings. The molecule has 0 heterocycles. The SMILES string of the molecule is CCN(CCNC(C)C)c1ccccc1. The second-order valence-electron chi connectivity index (χ2n) is 4.02. The molecule has 0 saturated heterocycles. The number of hydrogen-bond acceptors (Lipinski definition) is 2. The standard InChI is InChI=1S/C13H22N2/c1-4-15(11-10-14-12(2)3)13-8-6-5-7-9-13/h5-9,12,14H,4,10-11H2,1-3H3. The number of para-hydroxylation sites is 1. The lowest BCUT2D eigenvalue weighted by Crippen LogP contribution is -2.34. The summed E-state index contributed by atoms with van der Waals surface area (Å²) in [7, 11) is 0. The summed E-state index contributed by atoms with van der Waals surface area (Å²) in [5.74, 6) is 0. The first-order valence-electron chi connectivity index (χ1n) is 5.77. The first-order chi connectivity index (χ1) is 7.24. The molecule has 0 bridgehead atoms. The second kappa shape index (κ2) is 6.46. The molecule has 2 heteroatoms. The van der Waals surface area contributed by atoms with Crippen molar-refractivity contribution in [3.8, 4) is 0 Å². The van der Waals surface area contributed by atoms with E-state index in [0.29, 0.717) is 6.04 Å². The van der Waals surface area contributed by atoms with Crippen LogP contribution in [0.15, 0.2) is 30.3 Å². The Morgan fingerprint density at radius 2 is 1.87 bits per heavy atom. The average Bonchev–Trinajstić information content (AvgIpc) is 2.25. The van der Waals surface area contributed by atoms with Crippen LogP contribution in [-0.2, 0) is 0 Å². The summed E-state index contributed by atoms with van der Waals surface area (Å²) in [4.78, 5) is 2.38. The first-order valence-corrected chi connectivity index (χ1v) is 5.77. The number of hydrogen-bond donors (Lipinski definition) is 1. The number of anilines is 1. The highest BCUT2D eigenvalue weighted by molar-refractivity contribution is 5.45. The number of likely N-dealkylation sites (N-methyl/N-ethyl adjacent to an activating group) is 1. The van der Waals surface area contributed by atoms with Gasteiger partial charge in [-0.25, -0.2) is 0 Å². The lowest BCUT2D eigenvalue weighted by molar-refractivity contribution is 0.583. The molecule has 0 fully saturated rings. The van der Waals surface area contributed by atoms with Gasteiger partial charge in [0.1, 0.15) is 0 Å². The van der Waals surface area contributed by atoms with Crippen molar-refractivity contribution < 1.29 is 0 Å². The van der Waals surface area contributed by atoms with Crippen LogP contribution in [0.25, 0.3) is 0 Å². The molecule has 0 amide bonds. The van der Waals surface area contributed by atoms with E-state index in [-0.39, 0.29) is 0 Å². The fourth-order valence-electron chi connectivity index (χ4n) is 1.60. The first kappa shape index (κ1) is 12.1. The van der Waals surface area contributed by atoms with E-state index >= 15 is 0 Å². The zero-order valence-corrected chi connectivity index (χ0v) is 10.0. The van der Waals surface area contributed by atoms with Gasteiger partial charge in [-0.2, -0.15) is 0 Å². The number of nitrogens with zero attached hydrogens (tertiary/aromatic N) is 1. The van der Waals surface area contributed by atoms with Crippen molar-refractivity contribution in [2.24, 2.45) is 0 Å². The van der Waals surface area contributed by atoms with Crippen LogP contribution in [0.4, 0.5) is 5.69 Å². The fourth-order valence-corrected chi connectivity index (χ4v) is 1.60. The minimum Gasteiger partial charge on any atom is -0.371 e. The Balaban J connectivity index is 2.43. The molecule has 0 aliphatic heterocycles. The van der Waals surface area contributed by atoms with Crippen molar-refractivity contribution in [2.75, 3.05) is 24.5 Å². The molecule has 1 rings (SSSR count). The maximum Gasteiger partial charge on any atom is 0.0366 e. The molecule has 0 aliphatic carbocycles. The van der Waals surface area contributed by atoms with E-state index in [1.54, 1.807) is 0 Å². The maximum atomic E-state index is 3.44. The van der Waals surface area contributed by atoms with E-state index in [4.69, 9.17) is 0 Å². The van der Waals surface area contributed by atoms with Gasteiger partial charge in [0.2, 0.25) is 0 Å². The molecule has 1 aromatic carbocycles. The molecule has 0 spiro atoms. The van der Waals surface area contributed by atoms with Gasteiger partial charge in [-0.1, -0.05) is 32.0 Å². The lowest BCUT2D eigenvalue weighted by Gasteiger charge is -2.23. The summed E-state index contributed by atoms with van der Waals surface area (Å²) in [6.07, 6.45) is 0. The van der Waals surface area contributed by atoms with Crippen LogP contribution in [0.1, 0.15) is 20.8 Å². The Labute approximate surface area is 93.3 Å². The zero-order chi connectivity index (χ0) is 11.1. The van der Waals surface area contributed by atoms with E-state index in [9.17, 15) is 0 Å². The van der Waals surface area contributed by atoms with Gasteiger partial charge in [0.25, 0.3) is 0 Å². The maximum absolute atomic E-state index is 3.44. The number of rotatable bonds is 6. The quantitative estimate of drug-likeness (QED) is 0.769. The van der Waals surface area contributed by atoms with Gasteiger partial charge in [0.15, 0.2) is 0 Å². The lowest BCUT2D eigenvalue weighted by atomic mass is 10.3. The van der Waals surface area contributed by atoms with Crippen molar-refractivity contribution in [3.63, 3.8) is 0 Å². The monoisotopic (exact) mass is 206 g/mol. The van der Waals surface area contributed by atoms with Gasteiger partial charge in [-0.15, -0.1) is 0 Å². The summed E-state index contributed by atoms with van der Waals surface area (Å²) in [6, 6.07) is 11.1. The van der Waals surface area contributed by atoms with E-state index in [1.807, 2.05) is 0 Å². The largest absolute Gasteiger partial charge is 0.371 e. The minimum atomic E-state index is 0.569. The van der Waals surface area contributed by atoms with Gasteiger partial charge in [-0.05, 0) is 19.1 Å². The molecule has 0 unspecified atom stereocenters. The van der Waals surface area contributed by atoms with Crippen LogP contribution in [0.2, 0.25) is 0 Å². The smallest absolute Gasteiger partial charge is 0.0366 e. The van der Waals surface area contributed by atoms with Gasteiger partial charge in [0, 0.05) is 31.4 Å². The summed E-state index contributed by atoms with van der Waals surface area (Å²) in [5.41, 5.74) is 1.31. The van der Waals surface area contributed by atoms with E-state index < -0.39 is 0 Å². The molecule has 0 radical (unpaired) electrons. The summed E-state index contributed by atoms with van der Waals surface area (Å²) >= 11 is 0. The van der Waals surface area contributed by atoms with Crippen molar-refractivity contribution in [1.82, 2.24) is 5.32 Å². The van der Waals surface area contributed by atoms with Gasteiger partial charge >= 0.3 is 0 Å². The fraction of sp³-hybridized carbons (Fsp3) is 0.538. The highest BCUT2D eigenvalue weighted by Crippen LogP contribution is 2.11. The predicted octanol–water partition coefficient (Wildman–Crippen LogP) is 2.51. The minimum absolute atomic E-state index is 0.569. The summed E-state index contributed by atoms with van der Waals surface area (Å²) < 4.78 is 0. The molecule has 84 valence electrons. The summed E-state index contributed by atoms with van der Waals surface area (Å²) in [6.45, 7) is 9.73. The molecule has 1 aromatic rings. The third-order valence-corrected chi connectivity index (χ3v) is 2.44. The second-order valence-corrected chi connectivity index (χ2v) is 4.02. The van der Waals surface area contributed by atoms with Crippen LogP contribution < -0.4 is 10.2 Å². The van der Waals surface area contributed by atoms with Crippen LogP contribution in [0.5, 0.6) is 0 Å². The average molecular weight is 206 g/mol. The highest BCUT2D eigenvalue weighted by atomic mass is 15.1. The van der Waals surface area contributed by atoms with Crippen molar-refractivity contribution >= 4 is 5.69 Å². The molecule has 0 saturated carbocycles. The van der Waals surface area contributed by atoms with Crippen LogP contribution in [0, 0.1) is 0 Å². The van der Waals surface area contributed by atoms with Gasteiger partial charge in [0.05, 0.1) is 0 Å². The predicted molar refractivity (Wildman–Crippen MR) is 67.5 cm³/mol. The Kier molecular flexibility index (Phi) is 5.19. The van der Waals surface area contributed by atoms with Crippen LogP contribution in [-0.4, -0.2) is 25.7 Å². The Hall–Kier alpha value is -1.02. The third-order valence-electron chi connectivity index (χ3n) is 2.44. The van der Waals surface area contributed by atoms with Crippen molar-refractivity contribution in [3.05, 3.63) is 30.3 Å². The molecular weight excluding hydrogens is 184 g/mol. The van der Waals surface area contributed by atoms with Gasteiger partial charge in [-0.3, -0.25) is 0 Å². The Morgan fingerprint density at radius 3 is 2.40 bits per heavy atom. The van der Waals surface area contributed by atoms with Crippen molar-refractivity contribution in [2.45, 2.75) is 26.8 Å². The Bertz CT molecular complexity index is 256. The molecule has 1 N–H and O–H groups in total. The van der Waals surface area contributed by atoms with Crippen molar-refractivity contribution in [1.29, 1.82) is 0 Å². The molecule has 15 heavy (non-hydrogen) atoms. The highest BCUT2D eigenvalue weighted by Gasteiger charge is 2.02. The topological polar surface area (TPSA) is 15.3 Å². The van der Waals surface area contributed by atoms with E-state index in [2.05, 4.69) is 61.3 Å². The van der Waals surface area contributed by atoms with E-state index in [1.165, 1.54) is 5.69 Å². The summed E-state index contributed by atoms with van der Waals surface area (Å²) in [5, 5.41) is 3.44. The molecule has 0 aromatic heterocycles. The van der Waals surface area contributed by atoms with Crippen LogP contribution >= 0.6 is 0 Å². The molecule has 0 atom stereocenters. The van der Waals surface area contributed by atoms with E-state index in [0.717, 1.165) is 19.6 Å². The molecule has 2 nitrogen and oxygen atoms in total. The van der Waals surface area contributed by atoms with Gasteiger partial charge < -0.3 is 10.2 Å². The zero-order valence-electron chi connectivity index (χ0n) is 10.0. The van der Waals surface area contributed by atoms with Crippen LogP contribution in [0.3, 0.4) is 0 Å². The Morgan fingerprint density at radius 1 is 1.20 bits per heavy atom. The molecular formula is C13H22N2. The number of benzene rings is 1.